The number of hydrogen-bond donors (Lipinski definition) is 1. The van der Waals surface area contributed by atoms with Gasteiger partial charge in [-0.15, -0.1) is 0 Å². The standard InChI is InChI=1S/C19H29NO3/c1-12(2)7-14-11-20-6-5-13-8-18(22-3)19(23-4)9-15(13)16(20)10-17(14)21/h8-9,12,14,16-17,21H,5-7,10-11H2,1-4H3/i1D3,2D3,4D3,7D2,8D,9D,10D2,11D2,12D,14D,16D,17D. The zero-order chi connectivity index (χ0) is 34.9. The predicted octanol–water partition coefficient (Wildman–Crippen LogP) is 3.03. The number of hydrogen-bond acceptors (Lipinski definition) is 4. The van der Waals surface area contributed by atoms with Crippen molar-refractivity contribution in [1.29, 1.82) is 0 Å². The van der Waals surface area contributed by atoms with Crippen LogP contribution in [0.4, 0.5) is 0 Å². The summed E-state index contributed by atoms with van der Waals surface area (Å²) in [6, 6.07) is -5.47. The van der Waals surface area contributed by atoms with Gasteiger partial charge in [0.05, 0.1) is 29.8 Å². The van der Waals surface area contributed by atoms with E-state index in [-0.39, 0.29) is 4.90 Å². The van der Waals surface area contributed by atoms with Crippen LogP contribution < -0.4 is 9.47 Å². The molecule has 0 radical (unpaired) electrons. The fourth-order valence-corrected chi connectivity index (χ4v) is 2.39. The summed E-state index contributed by atoms with van der Waals surface area (Å²) >= 11 is 0. The summed E-state index contributed by atoms with van der Waals surface area (Å²) in [4.78, 5) is 0.0682. The van der Waals surface area contributed by atoms with Gasteiger partial charge in [0.25, 0.3) is 0 Å². The summed E-state index contributed by atoms with van der Waals surface area (Å²) in [6.45, 7) is -13.4. The van der Waals surface area contributed by atoms with E-state index < -0.39 is 112 Å². The molecule has 1 saturated heterocycles. The fourth-order valence-electron chi connectivity index (χ4n) is 2.39. The van der Waals surface area contributed by atoms with E-state index in [1.54, 1.807) is 0 Å². The van der Waals surface area contributed by atoms with Crippen molar-refractivity contribution in [3.05, 3.63) is 23.2 Å². The molecule has 4 nitrogen and oxygen atoms in total. The molecule has 0 saturated carbocycles. The van der Waals surface area contributed by atoms with Gasteiger partial charge in [-0.3, -0.25) is 4.90 Å². The molecule has 0 amide bonds. The minimum atomic E-state index is -4.64. The lowest BCUT2D eigenvalue weighted by Gasteiger charge is -2.46. The van der Waals surface area contributed by atoms with Gasteiger partial charge in [-0.25, -0.2) is 0 Å². The number of piperidine rings is 1. The van der Waals surface area contributed by atoms with E-state index in [1.165, 1.54) is 0 Å². The maximum absolute atomic E-state index is 11.5. The first-order chi connectivity index (χ1) is 19.2. The molecular weight excluding hydrogens is 290 g/mol. The van der Waals surface area contributed by atoms with Crippen molar-refractivity contribution in [2.45, 2.75) is 45.0 Å². The van der Waals surface area contributed by atoms with E-state index in [0.717, 1.165) is 7.11 Å². The number of aliphatic hydroxyl groups is 1. The highest BCUT2D eigenvalue weighted by molar-refractivity contribution is 5.49. The number of rotatable bonds is 4. The van der Waals surface area contributed by atoms with E-state index in [9.17, 15) is 6.48 Å². The second-order valence-electron chi connectivity index (χ2n) is 4.78. The van der Waals surface area contributed by atoms with Crippen molar-refractivity contribution in [2.75, 3.05) is 27.2 Å². The third kappa shape index (κ3) is 3.20. The number of ether oxygens (including phenoxy) is 2. The van der Waals surface area contributed by atoms with Crippen LogP contribution in [0.5, 0.6) is 11.5 Å². The minimum Gasteiger partial charge on any atom is -0.493 e. The highest BCUT2D eigenvalue weighted by Crippen LogP contribution is 2.43. The monoisotopic (exact) mass is 340 g/mol. The molecule has 1 fully saturated rings. The van der Waals surface area contributed by atoms with E-state index in [0.29, 0.717) is 0 Å². The molecule has 2 aliphatic heterocycles. The summed E-state index contributed by atoms with van der Waals surface area (Å²) < 4.78 is 183. The van der Waals surface area contributed by atoms with Crippen molar-refractivity contribution in [3.8, 4) is 11.5 Å². The molecular formula is C19H29NO3. The molecule has 3 unspecified atom stereocenters. The Bertz CT molecular complexity index is 1320. The molecule has 1 aromatic rings. The van der Waals surface area contributed by atoms with Gasteiger partial charge in [0.1, 0.15) is 0 Å². The van der Waals surface area contributed by atoms with Crippen LogP contribution in [0.3, 0.4) is 0 Å². The second kappa shape index (κ2) is 6.70. The molecule has 4 heteroatoms. The minimum absolute atomic E-state index is 0.0682. The van der Waals surface area contributed by atoms with Crippen molar-refractivity contribution < 1.29 is 43.4 Å². The zero-order valence-electron chi connectivity index (χ0n) is 33.1. The zero-order valence-corrected chi connectivity index (χ0v) is 12.1. The van der Waals surface area contributed by atoms with Gasteiger partial charge in [-0.05, 0) is 54.2 Å². The molecule has 23 heavy (non-hydrogen) atoms. The lowest BCUT2D eigenvalue weighted by molar-refractivity contribution is -0.0191. The number of benzene rings is 1. The van der Waals surface area contributed by atoms with Crippen LogP contribution in [0.25, 0.3) is 0 Å². The van der Waals surface area contributed by atoms with E-state index in [4.69, 9.17) is 36.9 Å². The molecule has 3 rings (SSSR count). The summed E-state index contributed by atoms with van der Waals surface area (Å²) in [5.74, 6) is -10.7. The third-order valence-electron chi connectivity index (χ3n) is 3.38. The van der Waals surface area contributed by atoms with E-state index in [1.807, 2.05) is 0 Å². The summed E-state index contributed by atoms with van der Waals surface area (Å²) in [5.41, 5.74) is -1.42. The maximum Gasteiger partial charge on any atom is 0.161 e. The average Bonchev–Trinajstić information content (AvgIpc) is 2.82. The van der Waals surface area contributed by atoms with E-state index in [2.05, 4.69) is 0 Å². The molecule has 2 heterocycles. The van der Waals surface area contributed by atoms with Gasteiger partial charge in [-0.2, -0.15) is 0 Å². The van der Waals surface area contributed by atoms with Crippen molar-refractivity contribution in [2.24, 2.45) is 11.8 Å². The molecule has 0 aromatic heterocycles. The Morgan fingerprint density at radius 3 is 3.13 bits per heavy atom. The largest absolute Gasteiger partial charge is 0.493 e. The lowest BCUT2D eigenvalue weighted by Crippen LogP contribution is -2.48. The molecule has 0 bridgehead atoms. The van der Waals surface area contributed by atoms with E-state index >= 15 is 0 Å². The summed E-state index contributed by atoms with van der Waals surface area (Å²) in [7, 11) is -2.32. The first-order valence-electron chi connectivity index (χ1n) is 17.1. The van der Waals surface area contributed by atoms with Crippen LogP contribution in [0.15, 0.2) is 12.1 Å². The Morgan fingerprint density at radius 2 is 2.39 bits per heavy atom. The van der Waals surface area contributed by atoms with Crippen molar-refractivity contribution in [1.82, 2.24) is 4.90 Å². The van der Waals surface area contributed by atoms with Gasteiger partial charge in [0.15, 0.2) is 11.5 Å². The molecule has 0 aliphatic carbocycles. The number of methoxy groups -OCH3 is 2. The van der Waals surface area contributed by atoms with Gasteiger partial charge in [0, 0.05) is 38.3 Å². The lowest BCUT2D eigenvalue weighted by atomic mass is 9.79. The maximum atomic E-state index is 11.5. The first-order valence-corrected chi connectivity index (χ1v) is 6.61. The fraction of sp³-hybridized carbons (Fsp3) is 0.684. The SMILES string of the molecule is [2H]c1c2c(c([2H])c(OC([2H])([2H])[2H])c1OC)C1([2H])N(CC2)C([2H])([2H])C([2H])(C([2H])([2H])C([2H])(C([2H])([2H])[2H])C([2H])([2H])[2H])C([2H])(O)C1([2H])[2H]. The Morgan fingerprint density at radius 1 is 1.57 bits per heavy atom. The van der Waals surface area contributed by atoms with Crippen LogP contribution in [-0.4, -0.2) is 43.3 Å². The van der Waals surface area contributed by atoms with Crippen molar-refractivity contribution in [3.63, 3.8) is 0 Å². The molecule has 1 aromatic carbocycles. The Hall–Kier alpha value is -1.26. The molecule has 128 valence electrons. The molecule has 1 N–H and O–H groups in total. The normalized spacial score (nSPS) is 57.6. The van der Waals surface area contributed by atoms with Gasteiger partial charge >= 0.3 is 0 Å². The number of nitrogens with zero attached hydrogens (tertiary/aromatic N) is 1. The Kier molecular flexibility index (Phi) is 1.36. The Balaban J connectivity index is 2.54. The second-order valence-corrected chi connectivity index (χ2v) is 4.78. The van der Waals surface area contributed by atoms with Crippen LogP contribution in [0.1, 0.15) is 72.4 Å². The van der Waals surface area contributed by atoms with Crippen LogP contribution >= 0.6 is 0 Å². The number of fused-ring (bicyclic) bond motifs is 3. The summed E-state index contributed by atoms with van der Waals surface area (Å²) in [5, 5.41) is 11.5. The first kappa shape index (κ1) is 4.67. The van der Waals surface area contributed by atoms with Gasteiger partial charge in [-0.1, -0.05) is 13.7 Å². The third-order valence-corrected chi connectivity index (χ3v) is 3.38. The molecule has 0 spiro atoms. The molecule has 2 aliphatic rings. The van der Waals surface area contributed by atoms with Gasteiger partial charge in [0.2, 0.25) is 0 Å². The smallest absolute Gasteiger partial charge is 0.161 e. The predicted molar refractivity (Wildman–Crippen MR) is 91.1 cm³/mol. The van der Waals surface area contributed by atoms with Crippen LogP contribution in [0.2, 0.25) is 0 Å². The average molecular weight is 341 g/mol. The van der Waals surface area contributed by atoms with Crippen molar-refractivity contribution >= 4 is 0 Å². The Labute approximate surface area is 168 Å². The highest BCUT2D eigenvalue weighted by Gasteiger charge is 2.38. The summed E-state index contributed by atoms with van der Waals surface area (Å²) in [6.07, 6.45) is -14.0. The topological polar surface area (TPSA) is 41.9 Å². The van der Waals surface area contributed by atoms with Gasteiger partial charge < -0.3 is 14.6 Å². The van der Waals surface area contributed by atoms with Crippen LogP contribution in [-0.2, 0) is 6.42 Å². The van der Waals surface area contributed by atoms with Crippen LogP contribution in [0, 0.1) is 11.8 Å². The quantitative estimate of drug-likeness (QED) is 0.915. The highest BCUT2D eigenvalue weighted by atomic mass is 16.5. The molecule has 3 atom stereocenters.